The SMILES string of the molecule is CCC(CC)(CO)CNc1cccc(OC)c1N. The molecule has 0 aliphatic rings. The molecule has 102 valence electrons. The molecule has 0 bridgehead atoms. The molecule has 0 aromatic heterocycles. The molecule has 0 aliphatic carbocycles. The summed E-state index contributed by atoms with van der Waals surface area (Å²) in [6, 6.07) is 5.65. The van der Waals surface area contributed by atoms with E-state index in [1.165, 1.54) is 0 Å². The lowest BCUT2D eigenvalue weighted by atomic mass is 9.83. The van der Waals surface area contributed by atoms with Gasteiger partial charge in [-0.15, -0.1) is 0 Å². The number of rotatable bonds is 7. The normalized spacial score (nSPS) is 11.3. The maximum atomic E-state index is 9.53. The van der Waals surface area contributed by atoms with Crippen molar-refractivity contribution < 1.29 is 9.84 Å². The fraction of sp³-hybridized carbons (Fsp3) is 0.571. The highest BCUT2D eigenvalue weighted by Gasteiger charge is 2.25. The molecule has 0 spiro atoms. The number of nitrogens with two attached hydrogens (primary N) is 1. The van der Waals surface area contributed by atoms with Gasteiger partial charge in [0.25, 0.3) is 0 Å². The van der Waals surface area contributed by atoms with E-state index in [4.69, 9.17) is 10.5 Å². The van der Waals surface area contributed by atoms with Gasteiger partial charge in [-0.1, -0.05) is 19.9 Å². The van der Waals surface area contributed by atoms with Crippen molar-refractivity contribution >= 4 is 11.4 Å². The molecule has 1 aromatic rings. The molecule has 18 heavy (non-hydrogen) atoms. The van der Waals surface area contributed by atoms with E-state index in [1.54, 1.807) is 7.11 Å². The molecular formula is C14H24N2O2. The molecule has 4 heteroatoms. The maximum absolute atomic E-state index is 9.53. The van der Waals surface area contributed by atoms with E-state index in [0.717, 1.165) is 18.5 Å². The highest BCUT2D eigenvalue weighted by Crippen LogP contribution is 2.31. The van der Waals surface area contributed by atoms with Gasteiger partial charge in [0.05, 0.1) is 25.1 Å². The maximum Gasteiger partial charge on any atom is 0.143 e. The average molecular weight is 252 g/mol. The van der Waals surface area contributed by atoms with E-state index < -0.39 is 0 Å². The molecular weight excluding hydrogens is 228 g/mol. The van der Waals surface area contributed by atoms with Crippen molar-refractivity contribution in [1.29, 1.82) is 0 Å². The number of benzene rings is 1. The minimum Gasteiger partial charge on any atom is -0.495 e. The molecule has 0 fully saturated rings. The summed E-state index contributed by atoms with van der Waals surface area (Å²) in [7, 11) is 1.60. The van der Waals surface area contributed by atoms with Crippen LogP contribution in [0.2, 0.25) is 0 Å². The minimum atomic E-state index is -0.0878. The Labute approximate surface area is 109 Å². The van der Waals surface area contributed by atoms with Crippen LogP contribution in [0.5, 0.6) is 5.75 Å². The Morgan fingerprint density at radius 1 is 1.33 bits per heavy atom. The fourth-order valence-corrected chi connectivity index (χ4v) is 1.94. The van der Waals surface area contributed by atoms with Crippen LogP contribution < -0.4 is 15.8 Å². The van der Waals surface area contributed by atoms with Gasteiger partial charge in [-0.05, 0) is 25.0 Å². The molecule has 1 aromatic carbocycles. The van der Waals surface area contributed by atoms with E-state index in [0.29, 0.717) is 18.0 Å². The second-order valence-electron chi connectivity index (χ2n) is 4.64. The summed E-state index contributed by atoms with van der Waals surface area (Å²) in [5, 5.41) is 12.8. The quantitative estimate of drug-likeness (QED) is 0.652. The van der Waals surface area contributed by atoms with Crippen molar-refractivity contribution in [3.63, 3.8) is 0 Å². The van der Waals surface area contributed by atoms with Crippen LogP contribution in [-0.2, 0) is 0 Å². The average Bonchev–Trinajstić information content (AvgIpc) is 2.42. The molecule has 0 aliphatic heterocycles. The van der Waals surface area contributed by atoms with Crippen molar-refractivity contribution in [3.8, 4) is 5.75 Å². The topological polar surface area (TPSA) is 67.5 Å². The first-order valence-electron chi connectivity index (χ1n) is 6.39. The lowest BCUT2D eigenvalue weighted by Gasteiger charge is -2.30. The zero-order valence-electron chi connectivity index (χ0n) is 11.5. The van der Waals surface area contributed by atoms with Gasteiger partial charge < -0.3 is 20.9 Å². The molecule has 1 rings (SSSR count). The lowest BCUT2D eigenvalue weighted by Crippen LogP contribution is -2.32. The van der Waals surface area contributed by atoms with Gasteiger partial charge >= 0.3 is 0 Å². The number of aliphatic hydroxyl groups is 1. The molecule has 0 radical (unpaired) electrons. The Bertz CT molecular complexity index is 368. The van der Waals surface area contributed by atoms with Crippen LogP contribution in [-0.4, -0.2) is 25.4 Å². The van der Waals surface area contributed by atoms with Gasteiger partial charge in [-0.2, -0.15) is 0 Å². The first kappa shape index (κ1) is 14.6. The summed E-state index contributed by atoms with van der Waals surface area (Å²) < 4.78 is 5.18. The van der Waals surface area contributed by atoms with E-state index in [9.17, 15) is 5.11 Å². The van der Waals surface area contributed by atoms with Gasteiger partial charge in [0, 0.05) is 12.0 Å². The van der Waals surface area contributed by atoms with Crippen LogP contribution >= 0.6 is 0 Å². The number of para-hydroxylation sites is 1. The van der Waals surface area contributed by atoms with Crippen molar-refractivity contribution in [3.05, 3.63) is 18.2 Å². The lowest BCUT2D eigenvalue weighted by molar-refractivity contribution is 0.127. The number of hydrogen-bond donors (Lipinski definition) is 3. The Morgan fingerprint density at radius 3 is 2.50 bits per heavy atom. The predicted molar refractivity (Wildman–Crippen MR) is 76.0 cm³/mol. The van der Waals surface area contributed by atoms with Crippen LogP contribution in [0.1, 0.15) is 26.7 Å². The van der Waals surface area contributed by atoms with E-state index in [1.807, 2.05) is 18.2 Å². The number of aliphatic hydroxyl groups excluding tert-OH is 1. The van der Waals surface area contributed by atoms with E-state index >= 15 is 0 Å². The Balaban J connectivity index is 2.79. The smallest absolute Gasteiger partial charge is 0.143 e. The van der Waals surface area contributed by atoms with Crippen LogP contribution in [0, 0.1) is 5.41 Å². The standard InChI is InChI=1S/C14H24N2O2/c1-4-14(5-2,10-17)9-16-11-7-6-8-12(18-3)13(11)15/h6-8,16-17H,4-5,9-10,15H2,1-3H3. The third kappa shape index (κ3) is 3.07. The molecule has 0 unspecified atom stereocenters. The summed E-state index contributed by atoms with van der Waals surface area (Å²) in [6.45, 7) is 5.07. The molecule has 4 nitrogen and oxygen atoms in total. The Hall–Kier alpha value is -1.42. The second kappa shape index (κ2) is 6.50. The van der Waals surface area contributed by atoms with Gasteiger partial charge in [0.1, 0.15) is 5.75 Å². The molecule has 0 saturated carbocycles. The largest absolute Gasteiger partial charge is 0.495 e. The van der Waals surface area contributed by atoms with Crippen molar-refractivity contribution in [1.82, 2.24) is 0 Å². The van der Waals surface area contributed by atoms with Gasteiger partial charge in [0.15, 0.2) is 0 Å². The summed E-state index contributed by atoms with van der Waals surface area (Å²) >= 11 is 0. The first-order valence-corrected chi connectivity index (χ1v) is 6.39. The third-order valence-corrected chi connectivity index (χ3v) is 3.78. The van der Waals surface area contributed by atoms with E-state index in [2.05, 4.69) is 19.2 Å². The van der Waals surface area contributed by atoms with Crippen molar-refractivity contribution in [2.24, 2.45) is 5.41 Å². The van der Waals surface area contributed by atoms with Crippen molar-refractivity contribution in [2.75, 3.05) is 31.3 Å². The second-order valence-corrected chi connectivity index (χ2v) is 4.64. The zero-order chi connectivity index (χ0) is 13.6. The monoisotopic (exact) mass is 252 g/mol. The van der Waals surface area contributed by atoms with Crippen LogP contribution in [0.15, 0.2) is 18.2 Å². The van der Waals surface area contributed by atoms with E-state index in [-0.39, 0.29) is 12.0 Å². The van der Waals surface area contributed by atoms with Crippen LogP contribution in [0.4, 0.5) is 11.4 Å². The number of anilines is 2. The zero-order valence-corrected chi connectivity index (χ0v) is 11.5. The molecule has 4 N–H and O–H groups in total. The fourth-order valence-electron chi connectivity index (χ4n) is 1.94. The highest BCUT2D eigenvalue weighted by molar-refractivity contribution is 5.72. The molecule has 0 atom stereocenters. The summed E-state index contributed by atoms with van der Waals surface area (Å²) in [6.07, 6.45) is 1.85. The minimum absolute atomic E-state index is 0.0878. The van der Waals surface area contributed by atoms with Gasteiger partial charge in [-0.25, -0.2) is 0 Å². The predicted octanol–water partition coefficient (Wildman–Crippen LogP) is 2.49. The number of ether oxygens (including phenoxy) is 1. The third-order valence-electron chi connectivity index (χ3n) is 3.78. The number of hydrogen-bond acceptors (Lipinski definition) is 4. The highest BCUT2D eigenvalue weighted by atomic mass is 16.5. The van der Waals surface area contributed by atoms with Gasteiger partial charge in [-0.3, -0.25) is 0 Å². The van der Waals surface area contributed by atoms with Gasteiger partial charge in [0.2, 0.25) is 0 Å². The first-order chi connectivity index (χ1) is 8.62. The van der Waals surface area contributed by atoms with Crippen LogP contribution in [0.25, 0.3) is 0 Å². The summed E-state index contributed by atoms with van der Waals surface area (Å²) in [4.78, 5) is 0. The number of nitrogens with one attached hydrogen (secondary N) is 1. The Morgan fingerprint density at radius 2 is 2.00 bits per heavy atom. The molecule has 0 heterocycles. The number of methoxy groups -OCH3 is 1. The Kier molecular flexibility index (Phi) is 5.28. The number of nitrogen functional groups attached to an aromatic ring is 1. The van der Waals surface area contributed by atoms with Crippen LogP contribution in [0.3, 0.4) is 0 Å². The van der Waals surface area contributed by atoms with Crippen molar-refractivity contribution in [2.45, 2.75) is 26.7 Å². The molecule has 0 saturated heterocycles. The summed E-state index contributed by atoms with van der Waals surface area (Å²) in [5.74, 6) is 0.669. The summed E-state index contributed by atoms with van der Waals surface area (Å²) in [5.41, 5.74) is 7.38. The molecule has 0 amide bonds.